The minimum atomic E-state index is -0.416. The van der Waals surface area contributed by atoms with Gasteiger partial charge in [0.05, 0.1) is 16.3 Å². The zero-order valence-electron chi connectivity index (χ0n) is 20.4. The molecular formula is C27H31ClN4O3. The van der Waals surface area contributed by atoms with E-state index in [4.69, 9.17) is 16.6 Å². The normalized spacial score (nSPS) is 15.6. The van der Waals surface area contributed by atoms with Gasteiger partial charge in [-0.3, -0.25) is 18.9 Å². The molecule has 1 aromatic carbocycles. The van der Waals surface area contributed by atoms with E-state index in [0.29, 0.717) is 42.1 Å². The standard InChI is InChI=1S/C27H31ClN4O3/c1-17(2)21-7-4-5-8-22(21)24-18(15-20-11-10-19(28)16-29-20)9-12-23-25(30-24)31(3)27(35)32(26(23)34)13-6-14-33/h4-5,7-8,10-11,16-18,33H,6,9,12-15H2,1-3H3. The Morgan fingerprint density at radius 3 is 2.63 bits per heavy atom. The number of fused-ring (bicyclic) bond motifs is 1. The van der Waals surface area contributed by atoms with Gasteiger partial charge in [0, 0.05) is 38.0 Å². The number of hydrogen-bond donors (Lipinski definition) is 1. The lowest BCUT2D eigenvalue weighted by molar-refractivity contribution is 0.277. The maximum absolute atomic E-state index is 13.3. The van der Waals surface area contributed by atoms with Crippen LogP contribution in [-0.4, -0.2) is 31.5 Å². The molecule has 0 saturated heterocycles. The topological polar surface area (TPSA) is 89.5 Å². The molecule has 0 saturated carbocycles. The van der Waals surface area contributed by atoms with E-state index in [9.17, 15) is 14.7 Å². The number of hydrogen-bond acceptors (Lipinski definition) is 5. The Balaban J connectivity index is 1.91. The van der Waals surface area contributed by atoms with Gasteiger partial charge in [0.2, 0.25) is 0 Å². The van der Waals surface area contributed by atoms with Gasteiger partial charge in [-0.15, -0.1) is 0 Å². The van der Waals surface area contributed by atoms with Crippen LogP contribution in [0, 0.1) is 5.92 Å². The number of aliphatic hydroxyl groups excluding tert-OH is 1. The molecule has 1 unspecified atom stereocenters. The molecule has 35 heavy (non-hydrogen) atoms. The Labute approximate surface area is 209 Å². The molecule has 0 spiro atoms. The predicted octanol–water partition coefficient (Wildman–Crippen LogP) is 4.03. The highest BCUT2D eigenvalue weighted by Gasteiger charge is 2.28. The van der Waals surface area contributed by atoms with Gasteiger partial charge in [0.1, 0.15) is 5.82 Å². The first kappa shape index (κ1) is 25.1. The largest absolute Gasteiger partial charge is 0.396 e. The fraction of sp³-hybridized carbons (Fsp3) is 0.407. The van der Waals surface area contributed by atoms with Crippen LogP contribution in [-0.2, 0) is 26.4 Å². The molecule has 184 valence electrons. The number of aromatic nitrogens is 3. The first-order valence-electron chi connectivity index (χ1n) is 12.0. The van der Waals surface area contributed by atoms with Gasteiger partial charge in [-0.1, -0.05) is 49.7 Å². The van der Waals surface area contributed by atoms with Crippen molar-refractivity contribution in [1.29, 1.82) is 0 Å². The highest BCUT2D eigenvalue weighted by atomic mass is 35.5. The number of pyridine rings is 1. The lowest BCUT2D eigenvalue weighted by atomic mass is 9.84. The average molecular weight is 495 g/mol. The summed E-state index contributed by atoms with van der Waals surface area (Å²) in [5.74, 6) is 0.693. The summed E-state index contributed by atoms with van der Waals surface area (Å²) in [5, 5.41) is 9.81. The van der Waals surface area contributed by atoms with Crippen molar-refractivity contribution in [3.63, 3.8) is 0 Å². The lowest BCUT2D eigenvalue weighted by Crippen LogP contribution is -2.41. The first-order chi connectivity index (χ1) is 16.8. The third-order valence-electron chi connectivity index (χ3n) is 6.61. The summed E-state index contributed by atoms with van der Waals surface area (Å²) in [4.78, 5) is 35.9. The van der Waals surface area contributed by atoms with Crippen molar-refractivity contribution in [2.24, 2.45) is 18.0 Å². The number of rotatable bonds is 7. The second-order valence-corrected chi connectivity index (χ2v) is 9.76. The summed E-state index contributed by atoms with van der Waals surface area (Å²) in [7, 11) is 1.66. The Bertz CT molecular complexity index is 1360. The highest BCUT2D eigenvalue weighted by Crippen LogP contribution is 2.32. The molecule has 0 radical (unpaired) electrons. The van der Waals surface area contributed by atoms with E-state index in [1.807, 2.05) is 24.3 Å². The molecule has 0 fully saturated rings. The van der Waals surface area contributed by atoms with Crippen molar-refractivity contribution >= 4 is 23.1 Å². The zero-order valence-corrected chi connectivity index (χ0v) is 21.1. The summed E-state index contributed by atoms with van der Waals surface area (Å²) in [6, 6.07) is 12.0. The molecule has 2 aromatic heterocycles. The maximum Gasteiger partial charge on any atom is 0.332 e. The van der Waals surface area contributed by atoms with E-state index in [0.717, 1.165) is 17.0 Å². The van der Waals surface area contributed by atoms with Gasteiger partial charge in [0.15, 0.2) is 0 Å². The summed E-state index contributed by atoms with van der Waals surface area (Å²) in [6.07, 6.45) is 3.81. The number of halogens is 1. The Morgan fingerprint density at radius 2 is 1.94 bits per heavy atom. The Hall–Kier alpha value is -3.03. The molecule has 0 bridgehead atoms. The third kappa shape index (κ3) is 5.16. The third-order valence-corrected chi connectivity index (χ3v) is 6.83. The van der Waals surface area contributed by atoms with Gasteiger partial charge in [0.25, 0.3) is 5.56 Å². The Kier molecular flexibility index (Phi) is 7.67. The summed E-state index contributed by atoms with van der Waals surface area (Å²) in [6.45, 7) is 4.39. The van der Waals surface area contributed by atoms with Gasteiger partial charge in [-0.2, -0.15) is 0 Å². The molecule has 0 aliphatic carbocycles. The fourth-order valence-electron chi connectivity index (χ4n) is 4.76. The smallest absolute Gasteiger partial charge is 0.332 e. The van der Waals surface area contributed by atoms with Crippen molar-refractivity contribution in [3.8, 4) is 0 Å². The molecule has 8 heteroatoms. The van der Waals surface area contributed by atoms with Crippen LogP contribution < -0.4 is 11.2 Å². The van der Waals surface area contributed by atoms with E-state index in [1.54, 1.807) is 13.2 Å². The molecule has 0 amide bonds. The molecular weight excluding hydrogens is 464 g/mol. The van der Waals surface area contributed by atoms with Gasteiger partial charge < -0.3 is 5.11 Å². The zero-order chi connectivity index (χ0) is 25.1. The molecule has 1 aliphatic heterocycles. The van der Waals surface area contributed by atoms with Gasteiger partial charge >= 0.3 is 5.69 Å². The van der Waals surface area contributed by atoms with Crippen molar-refractivity contribution in [2.45, 2.75) is 52.0 Å². The molecule has 4 rings (SSSR count). The summed E-state index contributed by atoms with van der Waals surface area (Å²) >= 11 is 6.05. The van der Waals surface area contributed by atoms with Crippen molar-refractivity contribution in [1.82, 2.24) is 14.1 Å². The van der Waals surface area contributed by atoms with Crippen molar-refractivity contribution < 1.29 is 5.11 Å². The van der Waals surface area contributed by atoms with E-state index in [1.165, 1.54) is 14.7 Å². The van der Waals surface area contributed by atoms with Crippen LogP contribution in [0.2, 0.25) is 5.02 Å². The van der Waals surface area contributed by atoms with E-state index in [-0.39, 0.29) is 30.5 Å². The molecule has 1 N–H and O–H groups in total. The number of aliphatic hydroxyl groups is 1. The highest BCUT2D eigenvalue weighted by molar-refractivity contribution is 6.30. The van der Waals surface area contributed by atoms with Crippen LogP contribution in [0.15, 0.2) is 57.2 Å². The summed E-state index contributed by atoms with van der Waals surface area (Å²) in [5.41, 5.74) is 3.77. The molecule has 3 aromatic rings. The minimum absolute atomic E-state index is 0.00336. The van der Waals surface area contributed by atoms with Crippen LogP contribution in [0.4, 0.5) is 5.82 Å². The molecule has 7 nitrogen and oxygen atoms in total. The van der Waals surface area contributed by atoms with Crippen LogP contribution in [0.25, 0.3) is 0 Å². The van der Waals surface area contributed by atoms with Gasteiger partial charge in [-0.05, 0) is 54.9 Å². The van der Waals surface area contributed by atoms with Crippen LogP contribution in [0.5, 0.6) is 0 Å². The van der Waals surface area contributed by atoms with Crippen LogP contribution in [0.1, 0.15) is 55.0 Å². The SMILES string of the molecule is CC(C)c1ccccc1C1=Nc2c(c(=O)n(CCCO)c(=O)n2C)CCC1Cc1ccc(Cl)cn1. The van der Waals surface area contributed by atoms with E-state index in [2.05, 4.69) is 31.0 Å². The predicted molar refractivity (Wildman–Crippen MR) is 139 cm³/mol. The molecule has 1 atom stereocenters. The minimum Gasteiger partial charge on any atom is -0.396 e. The quantitative estimate of drug-likeness (QED) is 0.537. The molecule has 1 aliphatic rings. The average Bonchev–Trinajstić information content (AvgIpc) is 3.04. The van der Waals surface area contributed by atoms with Gasteiger partial charge in [-0.25, -0.2) is 9.79 Å². The van der Waals surface area contributed by atoms with E-state index < -0.39 is 5.69 Å². The Morgan fingerprint density at radius 1 is 1.17 bits per heavy atom. The number of aliphatic imine (C=N–C) groups is 1. The monoisotopic (exact) mass is 494 g/mol. The van der Waals surface area contributed by atoms with Crippen molar-refractivity contribution in [3.05, 3.63) is 90.8 Å². The van der Waals surface area contributed by atoms with E-state index >= 15 is 0 Å². The number of benzene rings is 1. The molecule has 3 heterocycles. The number of nitrogens with zero attached hydrogens (tertiary/aromatic N) is 4. The van der Waals surface area contributed by atoms with Crippen molar-refractivity contribution in [2.75, 3.05) is 6.61 Å². The first-order valence-corrected chi connectivity index (χ1v) is 12.4. The lowest BCUT2D eigenvalue weighted by Gasteiger charge is -2.21. The second-order valence-electron chi connectivity index (χ2n) is 9.32. The van der Waals surface area contributed by atoms with Crippen LogP contribution >= 0.6 is 11.6 Å². The second kappa shape index (κ2) is 10.7. The van der Waals surface area contributed by atoms with Crippen LogP contribution in [0.3, 0.4) is 0 Å². The summed E-state index contributed by atoms with van der Waals surface area (Å²) < 4.78 is 2.68. The maximum atomic E-state index is 13.3. The fourth-order valence-corrected chi connectivity index (χ4v) is 4.87.